The summed E-state index contributed by atoms with van der Waals surface area (Å²) in [6, 6.07) is 20.3. The molecule has 0 heterocycles. The number of hydrogen-bond donors (Lipinski definition) is 0. The van der Waals surface area contributed by atoms with Gasteiger partial charge in [-0.15, -0.1) is 0 Å². The fourth-order valence-corrected chi connectivity index (χ4v) is 4.73. The molecular weight excluding hydrogens is 439 g/mol. The molecule has 0 aromatic heterocycles. The molecule has 0 bridgehead atoms. The Morgan fingerprint density at radius 3 is 2.56 bits per heavy atom. The molecule has 0 amide bonds. The van der Waals surface area contributed by atoms with E-state index in [1.165, 1.54) is 48.6 Å². The summed E-state index contributed by atoms with van der Waals surface area (Å²) < 4.78 is 1.30. The molecule has 0 radical (unpaired) electrons. The van der Waals surface area contributed by atoms with Crippen molar-refractivity contribution in [1.82, 2.24) is 0 Å². The van der Waals surface area contributed by atoms with E-state index in [2.05, 4.69) is 110 Å². The third-order valence-corrected chi connectivity index (χ3v) is 6.84. The predicted molar refractivity (Wildman–Crippen MR) is 126 cm³/mol. The second kappa shape index (κ2) is 7.27. The normalized spacial score (nSPS) is 17.7. The second-order valence-corrected chi connectivity index (χ2v) is 9.12. The van der Waals surface area contributed by atoms with Gasteiger partial charge in [0, 0.05) is 8.99 Å². The Morgan fingerprint density at radius 2 is 1.74 bits per heavy atom. The van der Waals surface area contributed by atoms with Crippen LogP contribution in [-0.2, 0) is 11.8 Å². The van der Waals surface area contributed by atoms with Gasteiger partial charge in [-0.05, 0) is 92.6 Å². The minimum absolute atomic E-state index is 0.0643. The quantitative estimate of drug-likeness (QED) is 0.322. The Bertz CT molecular complexity index is 1050. The number of benzene rings is 3. The first-order valence-electron chi connectivity index (χ1n) is 9.65. The Balaban J connectivity index is 1.93. The van der Waals surface area contributed by atoms with Crippen molar-refractivity contribution in [2.75, 3.05) is 0 Å². The van der Waals surface area contributed by atoms with Gasteiger partial charge in [0.05, 0.1) is 0 Å². The lowest BCUT2D eigenvalue weighted by molar-refractivity contribution is 0.632. The molecule has 3 aromatic carbocycles. The molecule has 136 valence electrons. The lowest BCUT2D eigenvalue weighted by Crippen LogP contribution is -2.20. The lowest BCUT2D eigenvalue weighted by atomic mass is 9.75. The monoisotopic (exact) mass is 464 g/mol. The van der Waals surface area contributed by atoms with Crippen LogP contribution in [0.4, 0.5) is 0 Å². The zero-order valence-electron chi connectivity index (χ0n) is 16.1. The summed E-state index contributed by atoms with van der Waals surface area (Å²) >= 11 is 2.43. The molecule has 0 atom stereocenters. The molecule has 1 aliphatic rings. The molecule has 3 aromatic rings. The van der Waals surface area contributed by atoms with Crippen molar-refractivity contribution in [2.45, 2.75) is 38.5 Å². The highest BCUT2D eigenvalue weighted by atomic mass is 127. The van der Waals surface area contributed by atoms with Crippen LogP contribution in [0, 0.1) is 3.57 Å². The first-order chi connectivity index (χ1) is 13.0. The molecule has 1 heteroatoms. The Hall–Kier alpha value is -1.87. The van der Waals surface area contributed by atoms with E-state index < -0.39 is 0 Å². The molecule has 0 nitrogen and oxygen atoms in total. The maximum atomic E-state index is 4.39. The van der Waals surface area contributed by atoms with Crippen LogP contribution in [0.3, 0.4) is 0 Å². The van der Waals surface area contributed by atoms with Crippen LogP contribution < -0.4 is 0 Å². The predicted octanol–water partition coefficient (Wildman–Crippen LogP) is 7.84. The fourth-order valence-electron chi connectivity index (χ4n) is 4.08. The van der Waals surface area contributed by atoms with Crippen LogP contribution >= 0.6 is 22.6 Å². The van der Waals surface area contributed by atoms with E-state index in [0.29, 0.717) is 0 Å². The first kappa shape index (κ1) is 18.5. The maximum Gasteiger partial charge on any atom is 0.0209 e. The number of hydrogen-bond acceptors (Lipinski definition) is 0. The minimum atomic E-state index is -0.0643. The van der Waals surface area contributed by atoms with Crippen molar-refractivity contribution in [3.63, 3.8) is 0 Å². The molecule has 0 saturated heterocycles. The Morgan fingerprint density at radius 1 is 0.963 bits per heavy atom. The SMILES string of the molecule is C=C1/C=C\CCCc2ccc(-c3ccc(I)c4ccccc34)cc2C1(C)C. The molecule has 0 unspecified atom stereocenters. The highest BCUT2D eigenvalue weighted by molar-refractivity contribution is 14.1. The number of fused-ring (bicyclic) bond motifs is 2. The van der Waals surface area contributed by atoms with Gasteiger partial charge in [-0.2, -0.15) is 0 Å². The van der Waals surface area contributed by atoms with E-state index in [9.17, 15) is 0 Å². The smallest absolute Gasteiger partial charge is 0.0209 e. The number of rotatable bonds is 1. The summed E-state index contributed by atoms with van der Waals surface area (Å²) in [6.07, 6.45) is 7.95. The van der Waals surface area contributed by atoms with E-state index in [1.807, 2.05) is 0 Å². The van der Waals surface area contributed by atoms with Gasteiger partial charge >= 0.3 is 0 Å². The molecule has 4 rings (SSSR count). The summed E-state index contributed by atoms with van der Waals surface area (Å²) in [5.74, 6) is 0. The molecule has 0 N–H and O–H groups in total. The van der Waals surface area contributed by atoms with Gasteiger partial charge in [0.25, 0.3) is 0 Å². The van der Waals surface area contributed by atoms with Gasteiger partial charge in [-0.25, -0.2) is 0 Å². The number of halogens is 1. The van der Waals surface area contributed by atoms with E-state index in [0.717, 1.165) is 12.8 Å². The van der Waals surface area contributed by atoms with Crippen molar-refractivity contribution < 1.29 is 0 Å². The van der Waals surface area contributed by atoms with Crippen molar-refractivity contribution in [1.29, 1.82) is 0 Å². The van der Waals surface area contributed by atoms with Gasteiger partial charge in [0.1, 0.15) is 0 Å². The highest BCUT2D eigenvalue weighted by Crippen LogP contribution is 2.39. The van der Waals surface area contributed by atoms with Gasteiger partial charge < -0.3 is 0 Å². The lowest BCUT2D eigenvalue weighted by Gasteiger charge is -2.29. The topological polar surface area (TPSA) is 0 Å². The van der Waals surface area contributed by atoms with E-state index in [4.69, 9.17) is 0 Å². The number of allylic oxidation sites excluding steroid dienone is 3. The van der Waals surface area contributed by atoms with Crippen molar-refractivity contribution in [3.8, 4) is 11.1 Å². The van der Waals surface area contributed by atoms with Crippen LogP contribution in [-0.4, -0.2) is 0 Å². The largest absolute Gasteiger partial charge is 0.0950 e. The summed E-state index contributed by atoms with van der Waals surface area (Å²) in [4.78, 5) is 0. The van der Waals surface area contributed by atoms with Crippen molar-refractivity contribution in [3.05, 3.63) is 93.6 Å². The van der Waals surface area contributed by atoms with E-state index in [1.54, 1.807) is 0 Å². The van der Waals surface area contributed by atoms with Crippen molar-refractivity contribution >= 4 is 33.4 Å². The zero-order chi connectivity index (χ0) is 19.0. The van der Waals surface area contributed by atoms with Crippen LogP contribution in [0.25, 0.3) is 21.9 Å². The molecule has 0 spiro atoms. The van der Waals surface area contributed by atoms with Gasteiger partial charge in [-0.3, -0.25) is 0 Å². The van der Waals surface area contributed by atoms with Crippen LogP contribution in [0.5, 0.6) is 0 Å². The van der Waals surface area contributed by atoms with E-state index in [-0.39, 0.29) is 5.41 Å². The molecular formula is C26H25I. The molecule has 27 heavy (non-hydrogen) atoms. The van der Waals surface area contributed by atoms with Gasteiger partial charge in [-0.1, -0.05) is 75.0 Å². The van der Waals surface area contributed by atoms with Crippen LogP contribution in [0.2, 0.25) is 0 Å². The maximum absolute atomic E-state index is 4.39. The minimum Gasteiger partial charge on any atom is -0.0950 e. The summed E-state index contributed by atoms with van der Waals surface area (Å²) in [5.41, 5.74) is 6.61. The molecule has 1 aliphatic carbocycles. The van der Waals surface area contributed by atoms with Crippen molar-refractivity contribution in [2.24, 2.45) is 0 Å². The molecule has 0 saturated carbocycles. The number of aryl methyl sites for hydroxylation is 1. The Kier molecular flexibility index (Phi) is 4.98. The Labute approximate surface area is 176 Å². The standard InChI is InChI=1S/C26H25I/c1-18-9-5-4-6-10-19-13-14-20(17-24(19)26(18,2)3)21-15-16-25(27)23-12-8-7-11-22(21)23/h5,7-9,11-17H,1,4,6,10H2,2-3H3/b9-5-. The van der Waals surface area contributed by atoms with E-state index >= 15 is 0 Å². The average molecular weight is 464 g/mol. The van der Waals surface area contributed by atoms with Gasteiger partial charge in [0.15, 0.2) is 0 Å². The zero-order valence-corrected chi connectivity index (χ0v) is 18.2. The second-order valence-electron chi connectivity index (χ2n) is 7.96. The fraction of sp³-hybridized carbons (Fsp3) is 0.231. The third kappa shape index (κ3) is 3.38. The van der Waals surface area contributed by atoms with Gasteiger partial charge in [0.2, 0.25) is 0 Å². The highest BCUT2D eigenvalue weighted by Gasteiger charge is 2.26. The summed E-state index contributed by atoms with van der Waals surface area (Å²) in [5, 5.41) is 2.65. The average Bonchev–Trinajstić information content (AvgIpc) is 2.72. The van der Waals surface area contributed by atoms with Crippen LogP contribution in [0.15, 0.2) is 78.9 Å². The van der Waals surface area contributed by atoms with Crippen LogP contribution in [0.1, 0.15) is 37.8 Å². The third-order valence-electron chi connectivity index (χ3n) is 5.90. The summed E-state index contributed by atoms with van der Waals surface area (Å²) in [6.45, 7) is 9.00. The molecule has 0 aliphatic heterocycles. The first-order valence-corrected chi connectivity index (χ1v) is 10.7. The summed E-state index contributed by atoms with van der Waals surface area (Å²) in [7, 11) is 0. The molecule has 0 fully saturated rings.